The summed E-state index contributed by atoms with van der Waals surface area (Å²) in [7, 11) is 0.466. The molecule has 0 rings (SSSR count). The molecule has 1 unspecified atom stereocenters. The second kappa shape index (κ2) is 3.26. The molecule has 3 heteroatoms. The highest BCUT2D eigenvalue weighted by atomic mass is 31.1. The lowest BCUT2D eigenvalue weighted by molar-refractivity contribution is 0.252. The number of rotatable bonds is 2. The fourth-order valence-corrected chi connectivity index (χ4v) is 0.545. The summed E-state index contributed by atoms with van der Waals surface area (Å²) in [5.41, 5.74) is 0. The molecule has 0 amide bonds. The van der Waals surface area contributed by atoms with Gasteiger partial charge in [-0.05, 0) is 0 Å². The van der Waals surface area contributed by atoms with Gasteiger partial charge in [-0.15, -0.1) is 0 Å². The molecule has 0 aromatic rings. The van der Waals surface area contributed by atoms with Crippen LogP contribution in [0.25, 0.3) is 0 Å². The predicted molar refractivity (Wildman–Crippen MR) is 25.4 cm³/mol. The van der Waals surface area contributed by atoms with Gasteiger partial charge < -0.3 is 4.74 Å². The van der Waals surface area contributed by atoms with Crippen molar-refractivity contribution in [1.82, 2.24) is 0 Å². The monoisotopic (exact) mass is 107 g/mol. The Morgan fingerprint density at radius 2 is 2.33 bits per heavy atom. The molecule has 0 saturated carbocycles. The van der Waals surface area contributed by atoms with Crippen molar-refractivity contribution < 1.29 is 9.30 Å². The Hall–Kier alpha value is 0.0600. The normalized spacial score (nSPS) is 11.3. The topological polar surface area (TPSA) is 26.3 Å². The summed E-state index contributed by atoms with van der Waals surface area (Å²) in [6.07, 6.45) is 0.384. The average Bonchev–Trinajstić information content (AvgIpc) is 1.35. The SMILES string of the molecule is COC[P](C)=O. The van der Waals surface area contributed by atoms with Crippen LogP contribution in [0.2, 0.25) is 0 Å². The lowest BCUT2D eigenvalue weighted by Gasteiger charge is -1.85. The van der Waals surface area contributed by atoms with E-state index in [1.165, 1.54) is 7.11 Å². The minimum absolute atomic E-state index is 0.384. The van der Waals surface area contributed by atoms with Crippen LogP contribution in [0.15, 0.2) is 0 Å². The van der Waals surface area contributed by atoms with Crippen molar-refractivity contribution in [3.63, 3.8) is 0 Å². The van der Waals surface area contributed by atoms with E-state index in [9.17, 15) is 4.57 Å². The van der Waals surface area contributed by atoms with E-state index >= 15 is 0 Å². The molecule has 0 aromatic carbocycles. The van der Waals surface area contributed by atoms with E-state index in [4.69, 9.17) is 0 Å². The third-order valence-electron chi connectivity index (χ3n) is 0.311. The first kappa shape index (κ1) is 6.06. The summed E-state index contributed by atoms with van der Waals surface area (Å²) in [6.45, 7) is 1.64. The Kier molecular flexibility index (Phi) is 3.29. The molecule has 0 aliphatic rings. The van der Waals surface area contributed by atoms with Gasteiger partial charge in [0.05, 0.1) is 7.80 Å². The van der Waals surface area contributed by atoms with Gasteiger partial charge in [0.25, 0.3) is 0 Å². The van der Waals surface area contributed by atoms with Gasteiger partial charge in [-0.25, -0.2) is 0 Å². The fraction of sp³-hybridized carbons (Fsp3) is 1.00. The smallest absolute Gasteiger partial charge is 0.116 e. The molecule has 0 spiro atoms. The van der Waals surface area contributed by atoms with E-state index < -0.39 is 7.80 Å². The van der Waals surface area contributed by atoms with Crippen molar-refractivity contribution in [3.05, 3.63) is 0 Å². The first-order valence-electron chi connectivity index (χ1n) is 1.64. The van der Waals surface area contributed by atoms with E-state index in [2.05, 4.69) is 4.74 Å². The summed E-state index contributed by atoms with van der Waals surface area (Å²) >= 11 is 0. The van der Waals surface area contributed by atoms with Crippen molar-refractivity contribution in [3.8, 4) is 0 Å². The van der Waals surface area contributed by atoms with Gasteiger partial charge in [0.2, 0.25) is 0 Å². The Labute approximate surface area is 38.3 Å². The van der Waals surface area contributed by atoms with E-state index in [-0.39, 0.29) is 0 Å². The first-order valence-corrected chi connectivity index (χ1v) is 3.53. The molecule has 6 heavy (non-hydrogen) atoms. The van der Waals surface area contributed by atoms with Gasteiger partial charge in [-0.3, -0.25) is 4.57 Å². The maximum Gasteiger partial charge on any atom is 0.116 e. The maximum absolute atomic E-state index is 10.1. The summed E-state index contributed by atoms with van der Waals surface area (Å²) in [5.74, 6) is 0. The standard InChI is InChI=1S/C3H8O2P/c1-5-3-6(2)4/h3H2,1-2H3. The van der Waals surface area contributed by atoms with E-state index in [1.54, 1.807) is 6.66 Å². The lowest BCUT2D eigenvalue weighted by atomic mass is 11.5. The molecule has 0 aliphatic heterocycles. The van der Waals surface area contributed by atoms with Gasteiger partial charge >= 0.3 is 0 Å². The van der Waals surface area contributed by atoms with Crippen LogP contribution in [-0.4, -0.2) is 20.1 Å². The molecule has 0 N–H and O–H groups in total. The molecule has 0 aliphatic carbocycles. The summed E-state index contributed by atoms with van der Waals surface area (Å²) in [4.78, 5) is 0. The minimum atomic E-state index is -1.07. The maximum atomic E-state index is 10.1. The van der Waals surface area contributed by atoms with Crippen molar-refractivity contribution >= 4 is 7.80 Å². The van der Waals surface area contributed by atoms with Crippen LogP contribution >= 0.6 is 7.80 Å². The number of methoxy groups -OCH3 is 1. The second-order valence-corrected chi connectivity index (χ2v) is 2.56. The highest BCUT2D eigenvalue weighted by Gasteiger charge is 1.82. The van der Waals surface area contributed by atoms with Crippen LogP contribution in [0.5, 0.6) is 0 Å². The van der Waals surface area contributed by atoms with Gasteiger partial charge in [-0.2, -0.15) is 0 Å². The minimum Gasteiger partial charge on any atom is -0.373 e. The van der Waals surface area contributed by atoms with Gasteiger partial charge in [0, 0.05) is 13.8 Å². The Morgan fingerprint density at radius 3 is 2.33 bits per heavy atom. The van der Waals surface area contributed by atoms with Crippen LogP contribution in [0.3, 0.4) is 0 Å². The van der Waals surface area contributed by atoms with Crippen molar-refractivity contribution in [1.29, 1.82) is 0 Å². The van der Waals surface area contributed by atoms with Crippen molar-refractivity contribution in [2.45, 2.75) is 0 Å². The van der Waals surface area contributed by atoms with Crippen LogP contribution in [0.4, 0.5) is 0 Å². The van der Waals surface area contributed by atoms with Crippen LogP contribution < -0.4 is 0 Å². The molecule has 0 saturated heterocycles. The van der Waals surface area contributed by atoms with E-state index in [0.29, 0.717) is 6.35 Å². The molecule has 0 heterocycles. The lowest BCUT2D eigenvalue weighted by Crippen LogP contribution is -1.76. The van der Waals surface area contributed by atoms with Crippen LogP contribution in [0, 0.1) is 0 Å². The third kappa shape index (κ3) is 4.06. The average molecular weight is 107 g/mol. The Bertz CT molecular complexity index is 52.8. The van der Waals surface area contributed by atoms with Gasteiger partial charge in [-0.1, -0.05) is 0 Å². The van der Waals surface area contributed by atoms with Gasteiger partial charge in [0.15, 0.2) is 0 Å². The van der Waals surface area contributed by atoms with Crippen LogP contribution in [-0.2, 0) is 9.30 Å². The van der Waals surface area contributed by atoms with Crippen molar-refractivity contribution in [2.24, 2.45) is 0 Å². The van der Waals surface area contributed by atoms with Gasteiger partial charge in [0.1, 0.15) is 6.35 Å². The molecular formula is C3H8O2P. The molecule has 2 nitrogen and oxygen atoms in total. The quantitative estimate of drug-likeness (QED) is 0.493. The Morgan fingerprint density at radius 1 is 1.83 bits per heavy atom. The number of ether oxygens (including phenoxy) is 1. The summed E-state index contributed by atoms with van der Waals surface area (Å²) < 4.78 is 14.6. The molecule has 0 fully saturated rings. The zero-order chi connectivity index (χ0) is 4.99. The third-order valence-corrected chi connectivity index (χ3v) is 0.933. The fourth-order valence-electron chi connectivity index (χ4n) is 0.182. The zero-order valence-corrected chi connectivity index (χ0v) is 4.87. The van der Waals surface area contributed by atoms with Crippen LogP contribution in [0.1, 0.15) is 0 Å². The predicted octanol–water partition coefficient (Wildman–Crippen LogP) is 1.05. The molecule has 0 bridgehead atoms. The molecule has 0 aromatic heterocycles. The Balaban J connectivity index is 2.83. The van der Waals surface area contributed by atoms with Crippen molar-refractivity contribution in [2.75, 3.05) is 20.1 Å². The summed E-state index contributed by atoms with van der Waals surface area (Å²) in [6, 6.07) is 0. The molecule has 1 atom stereocenters. The summed E-state index contributed by atoms with van der Waals surface area (Å²) in [5, 5.41) is 0. The number of hydrogen-bond donors (Lipinski definition) is 0. The zero-order valence-electron chi connectivity index (χ0n) is 3.97. The molecule has 1 radical (unpaired) electrons. The molecule has 37 valence electrons. The molecular weight excluding hydrogens is 99.0 g/mol. The largest absolute Gasteiger partial charge is 0.373 e. The highest BCUT2D eigenvalue weighted by Crippen LogP contribution is 2.10. The highest BCUT2D eigenvalue weighted by molar-refractivity contribution is 7.43. The van der Waals surface area contributed by atoms with E-state index in [1.807, 2.05) is 0 Å². The first-order chi connectivity index (χ1) is 2.77. The second-order valence-electron chi connectivity index (χ2n) is 1.05. The number of hydrogen-bond acceptors (Lipinski definition) is 2. The van der Waals surface area contributed by atoms with E-state index in [0.717, 1.165) is 0 Å².